The van der Waals surface area contributed by atoms with Gasteiger partial charge in [-0.15, -0.1) is 0 Å². The molecule has 0 aliphatic heterocycles. The summed E-state index contributed by atoms with van der Waals surface area (Å²) >= 11 is 0. The maximum Gasteiger partial charge on any atom is 0.0653 e. The second kappa shape index (κ2) is 8.20. The summed E-state index contributed by atoms with van der Waals surface area (Å²) in [4.78, 5) is 0. The van der Waals surface area contributed by atoms with Crippen molar-refractivity contribution < 1.29 is 0 Å². The highest BCUT2D eigenvalue weighted by atomic mass is 15.1. The van der Waals surface area contributed by atoms with Gasteiger partial charge in [0.15, 0.2) is 0 Å². The molecule has 0 aromatic heterocycles. The molecule has 3 N–H and O–H groups in total. The van der Waals surface area contributed by atoms with Crippen LogP contribution in [0.25, 0.3) is 0 Å². The van der Waals surface area contributed by atoms with E-state index in [-0.39, 0.29) is 0 Å². The van der Waals surface area contributed by atoms with E-state index < -0.39 is 0 Å². The average molecular weight is 326 g/mol. The molecule has 0 bridgehead atoms. The number of rotatable bonds is 7. The van der Waals surface area contributed by atoms with Gasteiger partial charge in [0, 0.05) is 24.5 Å². The van der Waals surface area contributed by atoms with Crippen molar-refractivity contribution in [2.45, 2.75) is 41.5 Å². The summed E-state index contributed by atoms with van der Waals surface area (Å²) in [7, 11) is 0. The highest BCUT2D eigenvalue weighted by Crippen LogP contribution is 2.22. The summed E-state index contributed by atoms with van der Waals surface area (Å²) in [6.45, 7) is 15.6. The SMILES string of the molecule is Cc1cc(C)c(NCCNCNc2c(C)cc(C)cc2C)c(C)c1. The van der Waals surface area contributed by atoms with Crippen molar-refractivity contribution in [1.82, 2.24) is 5.32 Å². The topological polar surface area (TPSA) is 36.1 Å². The minimum Gasteiger partial charge on any atom is -0.383 e. The molecule has 0 radical (unpaired) electrons. The normalized spacial score (nSPS) is 10.8. The lowest BCUT2D eigenvalue weighted by molar-refractivity contribution is 0.745. The third-order valence-corrected chi connectivity index (χ3v) is 4.35. The second-order valence-electron chi connectivity index (χ2n) is 6.83. The summed E-state index contributed by atoms with van der Waals surface area (Å²) in [5.74, 6) is 0. The first-order chi connectivity index (χ1) is 11.4. The molecule has 0 aliphatic rings. The molecule has 2 rings (SSSR count). The molecule has 3 heteroatoms. The Morgan fingerprint density at radius 1 is 0.583 bits per heavy atom. The van der Waals surface area contributed by atoms with E-state index in [0.29, 0.717) is 0 Å². The van der Waals surface area contributed by atoms with Crippen molar-refractivity contribution in [2.75, 3.05) is 30.4 Å². The Labute approximate surface area is 146 Å². The van der Waals surface area contributed by atoms with Crippen LogP contribution in [0.4, 0.5) is 11.4 Å². The van der Waals surface area contributed by atoms with E-state index in [0.717, 1.165) is 19.8 Å². The Morgan fingerprint density at radius 2 is 1.00 bits per heavy atom. The van der Waals surface area contributed by atoms with Gasteiger partial charge in [-0.1, -0.05) is 35.4 Å². The van der Waals surface area contributed by atoms with E-state index in [1.807, 2.05) is 0 Å². The monoisotopic (exact) mass is 325 g/mol. The lowest BCUT2D eigenvalue weighted by Gasteiger charge is -2.16. The molecule has 0 amide bonds. The first kappa shape index (κ1) is 18.3. The minimum absolute atomic E-state index is 0.776. The molecule has 0 aliphatic carbocycles. The number of aryl methyl sites for hydroxylation is 6. The molecule has 0 unspecified atom stereocenters. The Morgan fingerprint density at radius 3 is 1.46 bits per heavy atom. The number of hydrogen-bond donors (Lipinski definition) is 3. The van der Waals surface area contributed by atoms with Crippen LogP contribution < -0.4 is 16.0 Å². The second-order valence-corrected chi connectivity index (χ2v) is 6.83. The van der Waals surface area contributed by atoms with Gasteiger partial charge in [-0.2, -0.15) is 0 Å². The van der Waals surface area contributed by atoms with Gasteiger partial charge in [0.25, 0.3) is 0 Å². The van der Waals surface area contributed by atoms with Gasteiger partial charge < -0.3 is 10.6 Å². The summed E-state index contributed by atoms with van der Waals surface area (Å²) in [5, 5.41) is 10.5. The van der Waals surface area contributed by atoms with E-state index >= 15 is 0 Å². The molecule has 3 nitrogen and oxygen atoms in total. The van der Waals surface area contributed by atoms with Crippen LogP contribution in [0.5, 0.6) is 0 Å². The van der Waals surface area contributed by atoms with Crippen molar-refractivity contribution in [1.29, 1.82) is 0 Å². The Balaban J connectivity index is 1.77. The van der Waals surface area contributed by atoms with Crippen LogP contribution in [0.15, 0.2) is 24.3 Å². The van der Waals surface area contributed by atoms with Gasteiger partial charge in [0.1, 0.15) is 0 Å². The molecule has 2 aromatic carbocycles. The Bertz CT molecular complexity index is 597. The number of hydrogen-bond acceptors (Lipinski definition) is 3. The van der Waals surface area contributed by atoms with Gasteiger partial charge in [-0.25, -0.2) is 0 Å². The molecule has 130 valence electrons. The average Bonchev–Trinajstić information content (AvgIpc) is 2.46. The van der Waals surface area contributed by atoms with Gasteiger partial charge in [0.2, 0.25) is 0 Å². The predicted octanol–water partition coefficient (Wildman–Crippen LogP) is 4.61. The fraction of sp³-hybridized carbons (Fsp3) is 0.429. The zero-order chi connectivity index (χ0) is 17.7. The van der Waals surface area contributed by atoms with Crippen molar-refractivity contribution in [3.8, 4) is 0 Å². The van der Waals surface area contributed by atoms with E-state index in [1.165, 1.54) is 44.8 Å². The highest BCUT2D eigenvalue weighted by molar-refractivity contribution is 5.59. The third-order valence-electron chi connectivity index (χ3n) is 4.35. The Hall–Kier alpha value is -2.00. The molecular formula is C21H31N3. The lowest BCUT2D eigenvalue weighted by Crippen LogP contribution is -2.28. The summed E-state index contributed by atoms with van der Waals surface area (Å²) in [5.41, 5.74) is 10.4. The standard InChI is InChI=1S/C21H31N3/c1-14-9-16(3)20(17(4)10-14)23-8-7-22-13-24-21-18(5)11-15(2)12-19(21)6/h9-12,22-24H,7-8,13H2,1-6H3. The van der Waals surface area contributed by atoms with E-state index in [1.54, 1.807) is 0 Å². The first-order valence-electron chi connectivity index (χ1n) is 8.72. The van der Waals surface area contributed by atoms with Gasteiger partial charge in [-0.3, -0.25) is 5.32 Å². The highest BCUT2D eigenvalue weighted by Gasteiger charge is 2.04. The molecular weight excluding hydrogens is 294 g/mol. The van der Waals surface area contributed by atoms with E-state index in [9.17, 15) is 0 Å². The molecule has 0 saturated heterocycles. The zero-order valence-electron chi connectivity index (χ0n) is 15.9. The fourth-order valence-corrected chi connectivity index (χ4v) is 3.43. The van der Waals surface area contributed by atoms with Crippen LogP contribution in [0.3, 0.4) is 0 Å². The third kappa shape index (κ3) is 4.75. The van der Waals surface area contributed by atoms with E-state index in [4.69, 9.17) is 0 Å². The molecule has 0 heterocycles. The molecule has 0 fully saturated rings. The van der Waals surface area contributed by atoms with Crippen molar-refractivity contribution in [2.24, 2.45) is 0 Å². The fourth-order valence-electron chi connectivity index (χ4n) is 3.43. The number of nitrogens with one attached hydrogen (secondary N) is 3. The van der Waals surface area contributed by atoms with Gasteiger partial charge in [-0.05, 0) is 63.8 Å². The maximum absolute atomic E-state index is 3.55. The van der Waals surface area contributed by atoms with Crippen LogP contribution in [0, 0.1) is 41.5 Å². The maximum atomic E-state index is 3.55. The Kier molecular flexibility index (Phi) is 6.27. The number of anilines is 2. The largest absolute Gasteiger partial charge is 0.383 e. The van der Waals surface area contributed by atoms with E-state index in [2.05, 4.69) is 81.8 Å². The van der Waals surface area contributed by atoms with Crippen LogP contribution in [0.2, 0.25) is 0 Å². The van der Waals surface area contributed by atoms with Crippen LogP contribution >= 0.6 is 0 Å². The summed E-state index contributed by atoms with van der Waals surface area (Å²) in [6, 6.07) is 8.90. The lowest BCUT2D eigenvalue weighted by atomic mass is 10.1. The minimum atomic E-state index is 0.776. The first-order valence-corrected chi connectivity index (χ1v) is 8.72. The molecule has 24 heavy (non-hydrogen) atoms. The number of benzene rings is 2. The van der Waals surface area contributed by atoms with Crippen LogP contribution in [0.1, 0.15) is 33.4 Å². The van der Waals surface area contributed by atoms with Crippen LogP contribution in [-0.4, -0.2) is 19.8 Å². The smallest absolute Gasteiger partial charge is 0.0653 e. The van der Waals surface area contributed by atoms with Gasteiger partial charge in [0.05, 0.1) is 6.67 Å². The quantitative estimate of drug-likeness (QED) is 0.514. The molecule has 0 spiro atoms. The van der Waals surface area contributed by atoms with Crippen molar-refractivity contribution >= 4 is 11.4 Å². The van der Waals surface area contributed by atoms with Crippen LogP contribution in [-0.2, 0) is 0 Å². The van der Waals surface area contributed by atoms with Gasteiger partial charge >= 0.3 is 0 Å². The molecule has 0 atom stereocenters. The molecule has 2 aromatic rings. The summed E-state index contributed by atoms with van der Waals surface area (Å²) in [6.07, 6.45) is 0. The predicted molar refractivity (Wildman–Crippen MR) is 106 cm³/mol. The zero-order valence-corrected chi connectivity index (χ0v) is 15.9. The summed E-state index contributed by atoms with van der Waals surface area (Å²) < 4.78 is 0. The van der Waals surface area contributed by atoms with Crippen molar-refractivity contribution in [3.05, 3.63) is 57.6 Å². The molecule has 0 saturated carbocycles. The van der Waals surface area contributed by atoms with Crippen molar-refractivity contribution in [3.63, 3.8) is 0 Å².